The van der Waals surface area contributed by atoms with Gasteiger partial charge in [-0.3, -0.25) is 4.79 Å². The number of esters is 1. The summed E-state index contributed by atoms with van der Waals surface area (Å²) in [6.07, 6.45) is 0.501. The van der Waals surface area contributed by atoms with Crippen LogP contribution in [0.2, 0.25) is 0 Å². The summed E-state index contributed by atoms with van der Waals surface area (Å²) in [6, 6.07) is 5.88. The van der Waals surface area contributed by atoms with Crippen molar-refractivity contribution in [1.82, 2.24) is 0 Å². The first-order valence-corrected chi connectivity index (χ1v) is 5.89. The summed E-state index contributed by atoms with van der Waals surface area (Å²) in [5.41, 5.74) is 7.08. The molecule has 0 radical (unpaired) electrons. The average Bonchev–Trinajstić information content (AvgIpc) is 2.37. The monoisotopic (exact) mass is 251 g/mol. The second-order valence-electron chi connectivity index (χ2n) is 4.75. The number of methoxy groups -OCH3 is 2. The van der Waals surface area contributed by atoms with Gasteiger partial charge in [0.2, 0.25) is 0 Å². The van der Waals surface area contributed by atoms with E-state index < -0.39 is 5.41 Å². The number of hydrogen-bond donors (Lipinski definition) is 1. The van der Waals surface area contributed by atoms with Crippen LogP contribution in [-0.4, -0.2) is 26.7 Å². The Morgan fingerprint density at radius 1 is 1.39 bits per heavy atom. The Kier molecular flexibility index (Phi) is 4.73. The summed E-state index contributed by atoms with van der Waals surface area (Å²) in [6.45, 7) is 4.04. The van der Waals surface area contributed by atoms with Crippen LogP contribution >= 0.6 is 0 Å². The van der Waals surface area contributed by atoms with Crippen LogP contribution in [0.5, 0.6) is 5.75 Å². The van der Waals surface area contributed by atoms with Crippen molar-refractivity contribution in [3.05, 3.63) is 29.3 Å². The molecule has 1 aromatic rings. The van der Waals surface area contributed by atoms with Crippen molar-refractivity contribution in [2.45, 2.75) is 20.3 Å². The largest absolute Gasteiger partial charge is 0.496 e. The minimum Gasteiger partial charge on any atom is -0.496 e. The zero-order valence-corrected chi connectivity index (χ0v) is 11.4. The van der Waals surface area contributed by atoms with E-state index in [0.717, 1.165) is 16.9 Å². The summed E-state index contributed by atoms with van der Waals surface area (Å²) in [5.74, 6) is 0.470. The molecule has 4 nitrogen and oxygen atoms in total. The van der Waals surface area contributed by atoms with Crippen LogP contribution in [0.4, 0.5) is 0 Å². The van der Waals surface area contributed by atoms with Gasteiger partial charge >= 0.3 is 5.97 Å². The molecular weight excluding hydrogens is 230 g/mol. The summed E-state index contributed by atoms with van der Waals surface area (Å²) in [4.78, 5) is 11.8. The molecule has 0 bridgehead atoms. The van der Waals surface area contributed by atoms with Crippen molar-refractivity contribution < 1.29 is 14.3 Å². The number of benzene rings is 1. The molecule has 0 aliphatic rings. The quantitative estimate of drug-likeness (QED) is 0.809. The number of hydrogen-bond acceptors (Lipinski definition) is 4. The number of aryl methyl sites for hydroxylation is 1. The van der Waals surface area contributed by atoms with Crippen LogP contribution in [0.25, 0.3) is 0 Å². The van der Waals surface area contributed by atoms with Crippen molar-refractivity contribution in [2.75, 3.05) is 20.8 Å². The van der Waals surface area contributed by atoms with Crippen LogP contribution in [-0.2, 0) is 16.0 Å². The molecule has 0 aliphatic heterocycles. The minimum atomic E-state index is -0.726. The first kappa shape index (κ1) is 14.5. The summed E-state index contributed by atoms with van der Waals surface area (Å²) in [5, 5.41) is 0. The molecule has 1 aromatic carbocycles. The lowest BCUT2D eigenvalue weighted by molar-refractivity contribution is -0.151. The van der Waals surface area contributed by atoms with E-state index in [2.05, 4.69) is 0 Å². The molecule has 0 aliphatic carbocycles. The smallest absolute Gasteiger partial charge is 0.313 e. The highest BCUT2D eigenvalue weighted by atomic mass is 16.5. The van der Waals surface area contributed by atoms with Crippen molar-refractivity contribution >= 4 is 5.97 Å². The molecule has 1 atom stereocenters. The van der Waals surface area contributed by atoms with E-state index in [9.17, 15) is 4.79 Å². The molecule has 4 heteroatoms. The predicted molar refractivity (Wildman–Crippen MR) is 70.6 cm³/mol. The van der Waals surface area contributed by atoms with E-state index in [-0.39, 0.29) is 12.5 Å². The third-order valence-corrected chi connectivity index (χ3v) is 3.15. The molecule has 0 amide bonds. The van der Waals surface area contributed by atoms with Gasteiger partial charge in [-0.05, 0) is 31.9 Å². The van der Waals surface area contributed by atoms with Crippen LogP contribution in [0.15, 0.2) is 18.2 Å². The maximum absolute atomic E-state index is 11.8. The highest BCUT2D eigenvalue weighted by molar-refractivity contribution is 5.77. The van der Waals surface area contributed by atoms with Gasteiger partial charge in [-0.15, -0.1) is 0 Å². The zero-order chi connectivity index (χ0) is 13.8. The molecule has 0 spiro atoms. The van der Waals surface area contributed by atoms with E-state index in [1.165, 1.54) is 7.11 Å². The highest BCUT2D eigenvalue weighted by Crippen LogP contribution is 2.29. The van der Waals surface area contributed by atoms with Gasteiger partial charge < -0.3 is 15.2 Å². The van der Waals surface area contributed by atoms with Gasteiger partial charge in [0.1, 0.15) is 5.75 Å². The SMILES string of the molecule is COC(=O)C(C)(CN)Cc1cc(C)ccc1OC. The lowest BCUT2D eigenvalue weighted by Crippen LogP contribution is -2.38. The fourth-order valence-electron chi connectivity index (χ4n) is 1.94. The maximum Gasteiger partial charge on any atom is 0.313 e. The Bertz CT molecular complexity index is 431. The Morgan fingerprint density at radius 3 is 2.56 bits per heavy atom. The van der Waals surface area contributed by atoms with E-state index in [1.54, 1.807) is 14.0 Å². The molecule has 1 rings (SSSR count). The third kappa shape index (κ3) is 3.01. The summed E-state index contributed by atoms with van der Waals surface area (Å²) >= 11 is 0. The second kappa shape index (κ2) is 5.87. The van der Waals surface area contributed by atoms with E-state index in [4.69, 9.17) is 15.2 Å². The molecule has 18 heavy (non-hydrogen) atoms. The fourth-order valence-corrected chi connectivity index (χ4v) is 1.94. The van der Waals surface area contributed by atoms with Crippen molar-refractivity contribution in [2.24, 2.45) is 11.1 Å². The fraction of sp³-hybridized carbons (Fsp3) is 0.500. The highest BCUT2D eigenvalue weighted by Gasteiger charge is 2.34. The third-order valence-electron chi connectivity index (χ3n) is 3.15. The standard InChI is InChI=1S/C14H21NO3/c1-10-5-6-12(17-3)11(7-10)8-14(2,9-15)13(16)18-4/h5-7H,8-9,15H2,1-4H3. The molecule has 0 saturated carbocycles. The second-order valence-corrected chi connectivity index (χ2v) is 4.75. The molecule has 0 aromatic heterocycles. The molecule has 100 valence electrons. The molecular formula is C14H21NO3. The van der Waals surface area contributed by atoms with Crippen LogP contribution in [0, 0.1) is 12.3 Å². The Morgan fingerprint density at radius 2 is 2.06 bits per heavy atom. The Balaban J connectivity index is 3.08. The number of carbonyl (C=O) groups excluding carboxylic acids is 1. The number of nitrogens with two attached hydrogens (primary N) is 1. The average molecular weight is 251 g/mol. The molecule has 2 N–H and O–H groups in total. The first-order valence-electron chi connectivity index (χ1n) is 5.89. The normalized spacial score (nSPS) is 13.8. The van der Waals surface area contributed by atoms with Gasteiger partial charge in [-0.1, -0.05) is 17.7 Å². The number of carbonyl (C=O) groups is 1. The topological polar surface area (TPSA) is 61.5 Å². The molecule has 0 heterocycles. The van der Waals surface area contributed by atoms with Crippen LogP contribution < -0.4 is 10.5 Å². The van der Waals surface area contributed by atoms with Crippen molar-refractivity contribution in [3.63, 3.8) is 0 Å². The summed E-state index contributed by atoms with van der Waals surface area (Å²) < 4.78 is 10.1. The minimum absolute atomic E-state index is 0.233. The van der Waals surface area contributed by atoms with Gasteiger partial charge in [0.25, 0.3) is 0 Å². The van der Waals surface area contributed by atoms with Gasteiger partial charge in [0, 0.05) is 6.54 Å². The van der Waals surface area contributed by atoms with Crippen molar-refractivity contribution in [3.8, 4) is 5.75 Å². The van der Waals surface area contributed by atoms with Crippen molar-refractivity contribution in [1.29, 1.82) is 0 Å². The maximum atomic E-state index is 11.8. The lowest BCUT2D eigenvalue weighted by atomic mass is 9.83. The zero-order valence-electron chi connectivity index (χ0n) is 11.4. The molecule has 0 fully saturated rings. The summed E-state index contributed by atoms with van der Waals surface area (Å²) in [7, 11) is 3.00. The number of ether oxygens (including phenoxy) is 2. The van der Waals surface area contributed by atoms with E-state index >= 15 is 0 Å². The van der Waals surface area contributed by atoms with Gasteiger partial charge in [0.05, 0.1) is 19.6 Å². The van der Waals surface area contributed by atoms with Crippen LogP contribution in [0.3, 0.4) is 0 Å². The lowest BCUT2D eigenvalue weighted by Gasteiger charge is -2.25. The molecule has 0 saturated heterocycles. The number of rotatable bonds is 5. The first-order chi connectivity index (χ1) is 8.46. The molecule has 1 unspecified atom stereocenters. The Hall–Kier alpha value is -1.55. The Labute approximate surface area is 108 Å². The van der Waals surface area contributed by atoms with E-state index in [0.29, 0.717) is 6.42 Å². The van der Waals surface area contributed by atoms with Gasteiger partial charge in [-0.25, -0.2) is 0 Å². The van der Waals surface area contributed by atoms with Gasteiger partial charge in [0.15, 0.2) is 0 Å². The van der Waals surface area contributed by atoms with Crippen LogP contribution in [0.1, 0.15) is 18.1 Å². The predicted octanol–water partition coefficient (Wildman–Crippen LogP) is 1.68. The van der Waals surface area contributed by atoms with E-state index in [1.807, 2.05) is 25.1 Å². The van der Waals surface area contributed by atoms with Gasteiger partial charge in [-0.2, -0.15) is 0 Å².